The van der Waals surface area contributed by atoms with Gasteiger partial charge in [-0.05, 0) is 25.0 Å². The van der Waals surface area contributed by atoms with Gasteiger partial charge in [0.05, 0.1) is 11.1 Å². The van der Waals surface area contributed by atoms with Crippen LogP contribution < -0.4 is 0 Å². The van der Waals surface area contributed by atoms with E-state index in [2.05, 4.69) is 4.98 Å². The lowest BCUT2D eigenvalue weighted by molar-refractivity contribution is -0.179. The van der Waals surface area contributed by atoms with E-state index in [4.69, 9.17) is 5.11 Å². The summed E-state index contributed by atoms with van der Waals surface area (Å²) >= 11 is 0. The highest BCUT2D eigenvalue weighted by molar-refractivity contribution is 6.01. The Hall–Kier alpha value is -2.05. The lowest BCUT2D eigenvalue weighted by Gasteiger charge is -2.23. The molecule has 1 aliphatic carbocycles. The van der Waals surface area contributed by atoms with Crippen LogP contribution in [0.25, 0.3) is 11.0 Å². The molecule has 1 N–H and O–H groups in total. The molecule has 21 heavy (non-hydrogen) atoms. The van der Waals surface area contributed by atoms with Crippen molar-refractivity contribution in [2.45, 2.75) is 37.9 Å². The Labute approximate surface area is 118 Å². The van der Waals surface area contributed by atoms with Gasteiger partial charge < -0.3 is 9.67 Å². The molecule has 112 valence electrons. The molecule has 1 saturated carbocycles. The van der Waals surface area contributed by atoms with Gasteiger partial charge >= 0.3 is 12.1 Å². The number of aromatic carboxylic acids is 1. The van der Waals surface area contributed by atoms with Crippen LogP contribution in [0.3, 0.4) is 0 Å². The first-order chi connectivity index (χ1) is 9.82. The minimum Gasteiger partial charge on any atom is -0.478 e. The zero-order valence-electron chi connectivity index (χ0n) is 11.2. The first-order valence-corrected chi connectivity index (χ1v) is 6.62. The summed E-state index contributed by atoms with van der Waals surface area (Å²) in [7, 11) is 0. The molecule has 1 fully saturated rings. The predicted molar refractivity (Wildman–Crippen MR) is 69.3 cm³/mol. The maximum absolute atomic E-state index is 13.4. The SMILES string of the molecule is CCc1nc2c(C(=O)O)cccc2n1C1(C(F)(F)F)CC1. The second kappa shape index (κ2) is 4.22. The Morgan fingerprint density at radius 3 is 2.57 bits per heavy atom. The fourth-order valence-corrected chi connectivity index (χ4v) is 2.79. The number of carbonyl (C=O) groups is 1. The molecular weight excluding hydrogens is 285 g/mol. The van der Waals surface area contributed by atoms with Crippen molar-refractivity contribution < 1.29 is 23.1 Å². The largest absolute Gasteiger partial charge is 0.478 e. The minimum absolute atomic E-state index is 0.00621. The van der Waals surface area contributed by atoms with Crippen molar-refractivity contribution in [3.63, 3.8) is 0 Å². The zero-order valence-corrected chi connectivity index (χ0v) is 11.2. The van der Waals surface area contributed by atoms with Crippen molar-refractivity contribution in [1.29, 1.82) is 0 Å². The summed E-state index contributed by atoms with van der Waals surface area (Å²) < 4.78 is 41.4. The molecule has 0 radical (unpaired) electrons. The fraction of sp³-hybridized carbons (Fsp3) is 0.429. The number of nitrogens with zero attached hydrogens (tertiary/aromatic N) is 2. The summed E-state index contributed by atoms with van der Waals surface area (Å²) in [6.07, 6.45) is -4.05. The number of alkyl halides is 3. The lowest BCUT2D eigenvalue weighted by Crippen LogP contribution is -2.35. The van der Waals surface area contributed by atoms with E-state index in [1.807, 2.05) is 0 Å². The molecule has 0 saturated heterocycles. The third-order valence-electron chi connectivity index (χ3n) is 3.98. The number of carboxylic acids is 1. The Morgan fingerprint density at radius 1 is 1.43 bits per heavy atom. The van der Waals surface area contributed by atoms with Crippen LogP contribution >= 0.6 is 0 Å². The number of para-hydroxylation sites is 1. The standard InChI is InChI=1S/C14H13F3N2O2/c1-2-10-18-11-8(12(20)21)4-3-5-9(11)19(10)13(6-7-13)14(15,16)17/h3-5H,2,6-7H2,1H3,(H,20,21). The maximum atomic E-state index is 13.4. The number of imidazole rings is 1. The smallest absolute Gasteiger partial charge is 0.412 e. The molecule has 2 aromatic rings. The molecular formula is C14H13F3N2O2. The number of fused-ring (bicyclic) bond motifs is 1. The third kappa shape index (κ3) is 1.83. The number of aromatic nitrogens is 2. The average molecular weight is 298 g/mol. The van der Waals surface area contributed by atoms with Gasteiger partial charge in [-0.3, -0.25) is 0 Å². The lowest BCUT2D eigenvalue weighted by atomic mass is 10.1. The van der Waals surface area contributed by atoms with Crippen LogP contribution in [0.4, 0.5) is 13.2 Å². The third-order valence-corrected chi connectivity index (χ3v) is 3.98. The van der Waals surface area contributed by atoms with E-state index < -0.39 is 17.7 Å². The highest BCUT2D eigenvalue weighted by atomic mass is 19.4. The van der Waals surface area contributed by atoms with Gasteiger partial charge in [-0.1, -0.05) is 13.0 Å². The quantitative estimate of drug-likeness (QED) is 0.945. The average Bonchev–Trinajstić information content (AvgIpc) is 3.13. The summed E-state index contributed by atoms with van der Waals surface area (Å²) in [6.45, 7) is 1.71. The molecule has 1 aromatic carbocycles. The van der Waals surface area contributed by atoms with Gasteiger partial charge in [0.1, 0.15) is 16.9 Å². The molecule has 0 bridgehead atoms. The Balaban J connectivity index is 2.33. The van der Waals surface area contributed by atoms with Crippen LogP contribution in [0, 0.1) is 0 Å². The number of carboxylic acid groups (broad SMARTS) is 1. The molecule has 0 aliphatic heterocycles. The van der Waals surface area contributed by atoms with Crippen LogP contribution in [0.2, 0.25) is 0 Å². The van der Waals surface area contributed by atoms with E-state index in [-0.39, 0.29) is 35.3 Å². The summed E-state index contributed by atoms with van der Waals surface area (Å²) in [5.41, 5.74) is -1.64. The van der Waals surface area contributed by atoms with Crippen molar-refractivity contribution in [3.05, 3.63) is 29.6 Å². The fourth-order valence-electron chi connectivity index (χ4n) is 2.79. The maximum Gasteiger partial charge on any atom is 0.412 e. The van der Waals surface area contributed by atoms with E-state index in [9.17, 15) is 18.0 Å². The van der Waals surface area contributed by atoms with E-state index in [0.29, 0.717) is 6.42 Å². The molecule has 1 heterocycles. The molecule has 1 aliphatic rings. The van der Waals surface area contributed by atoms with Crippen molar-refractivity contribution >= 4 is 17.0 Å². The van der Waals surface area contributed by atoms with Crippen molar-refractivity contribution in [2.75, 3.05) is 0 Å². The van der Waals surface area contributed by atoms with Gasteiger partial charge in [0.15, 0.2) is 0 Å². The molecule has 0 unspecified atom stereocenters. The normalized spacial score (nSPS) is 17.1. The number of benzene rings is 1. The summed E-state index contributed by atoms with van der Waals surface area (Å²) in [5.74, 6) is -0.918. The molecule has 4 nitrogen and oxygen atoms in total. The second-order valence-corrected chi connectivity index (χ2v) is 5.22. The first kappa shape index (κ1) is 13.9. The van der Waals surface area contributed by atoms with Gasteiger partial charge in [0.2, 0.25) is 0 Å². The van der Waals surface area contributed by atoms with E-state index in [0.717, 1.165) is 0 Å². The zero-order chi connectivity index (χ0) is 15.4. The van der Waals surface area contributed by atoms with Crippen LogP contribution in [0.5, 0.6) is 0 Å². The Bertz CT molecular complexity index is 730. The highest BCUT2D eigenvalue weighted by Gasteiger charge is 2.65. The van der Waals surface area contributed by atoms with Gasteiger partial charge in [0.25, 0.3) is 0 Å². The number of hydrogen-bond acceptors (Lipinski definition) is 2. The van der Waals surface area contributed by atoms with Crippen molar-refractivity contribution in [2.24, 2.45) is 0 Å². The molecule has 0 spiro atoms. The molecule has 7 heteroatoms. The van der Waals surface area contributed by atoms with Crippen molar-refractivity contribution in [3.8, 4) is 0 Å². The number of aryl methyl sites for hydroxylation is 1. The Morgan fingerprint density at radius 2 is 2.10 bits per heavy atom. The van der Waals surface area contributed by atoms with Gasteiger partial charge in [0, 0.05) is 6.42 Å². The van der Waals surface area contributed by atoms with Crippen LogP contribution in [-0.2, 0) is 12.0 Å². The second-order valence-electron chi connectivity index (χ2n) is 5.22. The molecule has 1 aromatic heterocycles. The van der Waals surface area contributed by atoms with E-state index >= 15 is 0 Å². The molecule has 0 atom stereocenters. The van der Waals surface area contributed by atoms with Crippen LogP contribution in [-0.4, -0.2) is 26.8 Å². The monoisotopic (exact) mass is 298 g/mol. The molecule has 3 rings (SSSR count). The van der Waals surface area contributed by atoms with Gasteiger partial charge in [-0.25, -0.2) is 9.78 Å². The summed E-state index contributed by atoms with van der Waals surface area (Å²) in [6, 6.07) is 4.31. The van der Waals surface area contributed by atoms with E-state index in [1.165, 1.54) is 22.8 Å². The van der Waals surface area contributed by atoms with Crippen LogP contribution in [0.1, 0.15) is 35.9 Å². The first-order valence-electron chi connectivity index (χ1n) is 6.62. The van der Waals surface area contributed by atoms with E-state index in [1.54, 1.807) is 6.92 Å². The van der Waals surface area contributed by atoms with Crippen molar-refractivity contribution in [1.82, 2.24) is 9.55 Å². The topological polar surface area (TPSA) is 55.1 Å². The predicted octanol–water partition coefficient (Wildman–Crippen LogP) is 3.35. The van der Waals surface area contributed by atoms with Gasteiger partial charge in [-0.2, -0.15) is 13.2 Å². The minimum atomic E-state index is -4.37. The number of hydrogen-bond donors (Lipinski definition) is 1. The number of rotatable bonds is 3. The highest BCUT2D eigenvalue weighted by Crippen LogP contribution is 2.57. The Kier molecular flexibility index (Phi) is 2.80. The molecule has 0 amide bonds. The summed E-state index contributed by atoms with van der Waals surface area (Å²) in [5, 5.41) is 9.16. The van der Waals surface area contributed by atoms with Crippen LogP contribution in [0.15, 0.2) is 18.2 Å². The number of halogens is 3. The van der Waals surface area contributed by atoms with Gasteiger partial charge in [-0.15, -0.1) is 0 Å². The summed E-state index contributed by atoms with van der Waals surface area (Å²) in [4.78, 5) is 15.4.